The van der Waals surface area contributed by atoms with E-state index in [1.54, 1.807) is 0 Å². The summed E-state index contributed by atoms with van der Waals surface area (Å²) in [6.07, 6.45) is 2.57. The molecule has 0 N–H and O–H groups in total. The number of hydrogen-bond donors (Lipinski definition) is 0. The van der Waals surface area contributed by atoms with Gasteiger partial charge in [-0.2, -0.15) is 0 Å². The van der Waals surface area contributed by atoms with Crippen molar-refractivity contribution in [2.24, 2.45) is 10.9 Å². The Kier molecular flexibility index (Phi) is 4.86. The van der Waals surface area contributed by atoms with Gasteiger partial charge in [0, 0.05) is 11.1 Å². The molecule has 0 bridgehead atoms. The molecule has 1 saturated carbocycles. The molecule has 0 aliphatic heterocycles. The maximum absolute atomic E-state index is 11.7. The fourth-order valence-corrected chi connectivity index (χ4v) is 3.15. The van der Waals surface area contributed by atoms with Crippen molar-refractivity contribution in [1.82, 2.24) is 0 Å². The first-order valence-corrected chi connectivity index (χ1v) is 8.04. The number of esters is 1. The van der Waals surface area contributed by atoms with Gasteiger partial charge in [0.25, 0.3) is 0 Å². The summed E-state index contributed by atoms with van der Waals surface area (Å²) >= 11 is 0. The molecule has 1 aliphatic rings. The highest BCUT2D eigenvalue weighted by molar-refractivity contribution is 6.13. The standard InChI is InChI=1S/C20H21NO2/c1-23-20(22)17-12-13-18(14-17)21-19(15-8-4-2-5-9-15)16-10-6-3-7-11-16/h2-11,17-18H,12-14H2,1H3/t17-,18+/m0/s1. The van der Waals surface area contributed by atoms with E-state index in [0.29, 0.717) is 0 Å². The Morgan fingerprint density at radius 1 is 0.957 bits per heavy atom. The van der Waals surface area contributed by atoms with Gasteiger partial charge in [0.15, 0.2) is 0 Å². The van der Waals surface area contributed by atoms with Crippen LogP contribution in [0.5, 0.6) is 0 Å². The van der Waals surface area contributed by atoms with E-state index in [2.05, 4.69) is 24.3 Å². The summed E-state index contributed by atoms with van der Waals surface area (Å²) in [5, 5.41) is 0. The first kappa shape index (κ1) is 15.5. The number of carbonyl (C=O) groups excluding carboxylic acids is 1. The van der Waals surface area contributed by atoms with E-state index in [4.69, 9.17) is 9.73 Å². The summed E-state index contributed by atoms with van der Waals surface area (Å²) in [7, 11) is 1.46. The molecule has 23 heavy (non-hydrogen) atoms. The Labute approximate surface area is 137 Å². The summed E-state index contributed by atoms with van der Waals surface area (Å²) in [6, 6.07) is 20.6. The van der Waals surface area contributed by atoms with Crippen molar-refractivity contribution in [3.8, 4) is 0 Å². The lowest BCUT2D eigenvalue weighted by Gasteiger charge is -2.11. The number of ether oxygens (including phenoxy) is 1. The largest absolute Gasteiger partial charge is 0.469 e. The predicted molar refractivity (Wildman–Crippen MR) is 91.7 cm³/mol. The Balaban J connectivity index is 1.89. The molecule has 0 saturated heterocycles. The van der Waals surface area contributed by atoms with Gasteiger partial charge in [0.05, 0.1) is 24.8 Å². The summed E-state index contributed by atoms with van der Waals surface area (Å²) in [6.45, 7) is 0. The van der Waals surface area contributed by atoms with Crippen LogP contribution in [0.15, 0.2) is 65.7 Å². The summed E-state index contributed by atoms with van der Waals surface area (Å²) < 4.78 is 4.87. The SMILES string of the molecule is COC(=O)[C@H]1CC[C@@H](N=C(c2ccccc2)c2ccccc2)C1. The molecule has 2 aromatic rings. The molecule has 0 radical (unpaired) electrons. The Morgan fingerprint density at radius 2 is 1.52 bits per heavy atom. The van der Waals surface area contributed by atoms with E-state index in [-0.39, 0.29) is 17.9 Å². The summed E-state index contributed by atoms with van der Waals surface area (Å²) in [5.74, 6) is -0.120. The summed E-state index contributed by atoms with van der Waals surface area (Å²) in [4.78, 5) is 16.7. The fraction of sp³-hybridized carbons (Fsp3) is 0.300. The van der Waals surface area contributed by atoms with Gasteiger partial charge in [0.2, 0.25) is 0 Å². The topological polar surface area (TPSA) is 38.7 Å². The number of carbonyl (C=O) groups is 1. The number of methoxy groups -OCH3 is 1. The van der Waals surface area contributed by atoms with Crippen LogP contribution in [-0.2, 0) is 9.53 Å². The van der Waals surface area contributed by atoms with Crippen molar-refractivity contribution in [2.45, 2.75) is 25.3 Å². The molecule has 1 aliphatic carbocycles. The number of benzene rings is 2. The van der Waals surface area contributed by atoms with Crippen LogP contribution in [0.4, 0.5) is 0 Å². The lowest BCUT2D eigenvalue weighted by Crippen LogP contribution is -2.14. The maximum Gasteiger partial charge on any atom is 0.308 e. The highest BCUT2D eigenvalue weighted by atomic mass is 16.5. The van der Waals surface area contributed by atoms with Crippen molar-refractivity contribution in [1.29, 1.82) is 0 Å². The van der Waals surface area contributed by atoms with Crippen LogP contribution in [0.3, 0.4) is 0 Å². The summed E-state index contributed by atoms with van der Waals surface area (Å²) in [5.41, 5.74) is 3.22. The van der Waals surface area contributed by atoms with E-state index in [1.807, 2.05) is 36.4 Å². The third kappa shape index (κ3) is 3.67. The molecular formula is C20H21NO2. The smallest absolute Gasteiger partial charge is 0.308 e. The van der Waals surface area contributed by atoms with Gasteiger partial charge in [-0.25, -0.2) is 0 Å². The Hall–Kier alpha value is -2.42. The van der Waals surface area contributed by atoms with E-state index in [1.165, 1.54) is 7.11 Å². The van der Waals surface area contributed by atoms with E-state index in [9.17, 15) is 4.79 Å². The maximum atomic E-state index is 11.7. The second-order valence-corrected chi connectivity index (χ2v) is 5.90. The fourth-order valence-electron chi connectivity index (χ4n) is 3.15. The van der Waals surface area contributed by atoms with Crippen LogP contribution in [-0.4, -0.2) is 24.8 Å². The molecule has 1 fully saturated rings. The van der Waals surface area contributed by atoms with Gasteiger partial charge in [-0.1, -0.05) is 60.7 Å². The molecular weight excluding hydrogens is 286 g/mol. The minimum atomic E-state index is -0.108. The van der Waals surface area contributed by atoms with Crippen molar-refractivity contribution in [3.05, 3.63) is 71.8 Å². The second-order valence-electron chi connectivity index (χ2n) is 5.90. The Morgan fingerprint density at radius 3 is 2.04 bits per heavy atom. The zero-order valence-electron chi connectivity index (χ0n) is 13.3. The van der Waals surface area contributed by atoms with Gasteiger partial charge in [-0.3, -0.25) is 9.79 Å². The molecule has 2 atom stereocenters. The highest BCUT2D eigenvalue weighted by Crippen LogP contribution is 2.29. The van der Waals surface area contributed by atoms with Gasteiger partial charge >= 0.3 is 5.97 Å². The minimum absolute atomic E-state index is 0.0125. The van der Waals surface area contributed by atoms with Crippen molar-refractivity contribution in [3.63, 3.8) is 0 Å². The molecule has 3 heteroatoms. The monoisotopic (exact) mass is 307 g/mol. The van der Waals surface area contributed by atoms with Crippen molar-refractivity contribution in [2.75, 3.05) is 7.11 Å². The molecule has 0 unspecified atom stereocenters. The molecule has 118 valence electrons. The zero-order chi connectivity index (χ0) is 16.1. The number of aliphatic imine (C=N–C) groups is 1. The molecule has 0 aromatic heterocycles. The van der Waals surface area contributed by atoms with Gasteiger partial charge in [0.1, 0.15) is 0 Å². The average molecular weight is 307 g/mol. The third-order valence-corrected chi connectivity index (χ3v) is 4.35. The third-order valence-electron chi connectivity index (χ3n) is 4.35. The molecule has 0 spiro atoms. The van der Waals surface area contributed by atoms with Gasteiger partial charge in [-0.05, 0) is 19.3 Å². The van der Waals surface area contributed by atoms with Gasteiger partial charge < -0.3 is 4.74 Å². The first-order chi connectivity index (χ1) is 11.3. The van der Waals surface area contributed by atoms with Crippen LogP contribution < -0.4 is 0 Å². The van der Waals surface area contributed by atoms with Crippen LogP contribution in [0.2, 0.25) is 0 Å². The molecule has 0 amide bonds. The Bertz CT molecular complexity index is 638. The molecule has 3 nitrogen and oxygen atoms in total. The second kappa shape index (κ2) is 7.23. The van der Waals surface area contributed by atoms with Crippen LogP contribution in [0, 0.1) is 5.92 Å². The number of rotatable bonds is 4. The number of nitrogens with zero attached hydrogens (tertiary/aromatic N) is 1. The molecule has 0 heterocycles. The van der Waals surface area contributed by atoms with E-state index < -0.39 is 0 Å². The normalized spacial score (nSPS) is 20.0. The van der Waals surface area contributed by atoms with Gasteiger partial charge in [-0.15, -0.1) is 0 Å². The van der Waals surface area contributed by atoms with E-state index in [0.717, 1.165) is 36.1 Å². The quantitative estimate of drug-likeness (QED) is 0.635. The van der Waals surface area contributed by atoms with Crippen molar-refractivity contribution < 1.29 is 9.53 Å². The zero-order valence-corrected chi connectivity index (χ0v) is 13.3. The molecule has 2 aromatic carbocycles. The van der Waals surface area contributed by atoms with E-state index >= 15 is 0 Å². The first-order valence-electron chi connectivity index (χ1n) is 8.04. The van der Waals surface area contributed by atoms with Crippen LogP contribution in [0.25, 0.3) is 0 Å². The van der Waals surface area contributed by atoms with Crippen LogP contribution >= 0.6 is 0 Å². The highest BCUT2D eigenvalue weighted by Gasteiger charge is 2.30. The van der Waals surface area contributed by atoms with Crippen LogP contribution in [0.1, 0.15) is 30.4 Å². The molecule has 3 rings (SSSR count). The lowest BCUT2D eigenvalue weighted by atomic mass is 10.0. The predicted octanol–water partition coefficient (Wildman–Crippen LogP) is 3.87. The minimum Gasteiger partial charge on any atom is -0.469 e. The average Bonchev–Trinajstić information content (AvgIpc) is 3.09. The number of hydrogen-bond acceptors (Lipinski definition) is 3. The lowest BCUT2D eigenvalue weighted by molar-refractivity contribution is -0.145. The van der Waals surface area contributed by atoms with Crippen molar-refractivity contribution >= 4 is 11.7 Å².